The van der Waals surface area contributed by atoms with Crippen LogP contribution in [0, 0.1) is 6.92 Å². The summed E-state index contributed by atoms with van der Waals surface area (Å²) < 4.78 is 41.0. The Morgan fingerprint density at radius 2 is 1.66 bits per heavy atom. The predicted molar refractivity (Wildman–Crippen MR) is 115 cm³/mol. The molecule has 0 bridgehead atoms. The van der Waals surface area contributed by atoms with Crippen molar-refractivity contribution in [3.8, 4) is 5.75 Å². The third kappa shape index (κ3) is 4.67. The summed E-state index contributed by atoms with van der Waals surface area (Å²) in [7, 11) is 0. The quantitative estimate of drug-likeness (QED) is 0.506. The van der Waals surface area contributed by atoms with Crippen LogP contribution in [0.3, 0.4) is 0 Å². The zero-order chi connectivity index (χ0) is 22.9. The van der Waals surface area contributed by atoms with Gasteiger partial charge in [-0.25, -0.2) is 0 Å². The highest BCUT2D eigenvalue weighted by Crippen LogP contribution is 2.34. The van der Waals surface area contributed by atoms with E-state index in [4.69, 9.17) is 0 Å². The molecule has 5 nitrogen and oxygen atoms in total. The molecule has 2 heterocycles. The second-order valence-electron chi connectivity index (χ2n) is 7.11. The van der Waals surface area contributed by atoms with Gasteiger partial charge in [0.1, 0.15) is 11.4 Å². The number of thiophene rings is 1. The standard InChI is InChI=1S/C23H17F3N2O3S/c1-14-4-6-15(7-5-14)13-28-21(29)19(18-3-2-12-32-18)20(22(28)30)27-16-8-10-17(11-9-16)31-23(24,25)26/h2-12,27H,13H2,1H3. The number of carbonyl (C=O) groups is 2. The number of halogens is 3. The van der Waals surface area contributed by atoms with E-state index in [2.05, 4.69) is 10.1 Å². The van der Waals surface area contributed by atoms with Gasteiger partial charge in [0.05, 0.1) is 12.1 Å². The van der Waals surface area contributed by atoms with E-state index in [-0.39, 0.29) is 23.6 Å². The molecule has 3 aromatic rings. The molecule has 0 saturated carbocycles. The molecule has 1 N–H and O–H groups in total. The van der Waals surface area contributed by atoms with Crippen LogP contribution in [0.15, 0.2) is 71.7 Å². The first-order valence-corrected chi connectivity index (χ1v) is 10.4. The Balaban J connectivity index is 1.62. The Labute approximate surface area is 185 Å². The predicted octanol–water partition coefficient (Wildman–Crippen LogP) is 5.35. The van der Waals surface area contributed by atoms with Gasteiger partial charge in [-0.15, -0.1) is 24.5 Å². The van der Waals surface area contributed by atoms with Gasteiger partial charge in [0, 0.05) is 10.6 Å². The summed E-state index contributed by atoms with van der Waals surface area (Å²) in [5, 5.41) is 4.71. The van der Waals surface area contributed by atoms with Crippen molar-refractivity contribution in [2.75, 3.05) is 5.32 Å². The van der Waals surface area contributed by atoms with Crippen LogP contribution in [-0.2, 0) is 16.1 Å². The van der Waals surface area contributed by atoms with E-state index in [1.54, 1.807) is 17.5 Å². The number of ether oxygens (including phenoxy) is 1. The highest BCUT2D eigenvalue weighted by atomic mass is 32.1. The number of alkyl halides is 3. The molecule has 1 aliphatic rings. The van der Waals surface area contributed by atoms with Crippen LogP contribution in [0.1, 0.15) is 16.0 Å². The summed E-state index contributed by atoms with van der Waals surface area (Å²) in [5.74, 6) is -1.32. The van der Waals surface area contributed by atoms with Crippen LogP contribution in [-0.4, -0.2) is 23.1 Å². The number of amides is 2. The molecule has 4 rings (SSSR count). The monoisotopic (exact) mass is 458 g/mol. The van der Waals surface area contributed by atoms with Crippen molar-refractivity contribution >= 4 is 34.4 Å². The molecule has 0 saturated heterocycles. The highest BCUT2D eigenvalue weighted by molar-refractivity contribution is 7.11. The van der Waals surface area contributed by atoms with Gasteiger partial charge in [0.2, 0.25) is 0 Å². The highest BCUT2D eigenvalue weighted by Gasteiger charge is 2.39. The van der Waals surface area contributed by atoms with Gasteiger partial charge in [0.25, 0.3) is 11.8 Å². The topological polar surface area (TPSA) is 58.6 Å². The summed E-state index contributed by atoms with van der Waals surface area (Å²) in [6.45, 7) is 2.05. The maximum Gasteiger partial charge on any atom is 0.573 e. The maximum absolute atomic E-state index is 13.2. The van der Waals surface area contributed by atoms with Gasteiger partial charge >= 0.3 is 6.36 Å². The minimum Gasteiger partial charge on any atom is -0.406 e. The number of hydrogen-bond acceptors (Lipinski definition) is 5. The Bertz CT molecular complexity index is 1170. The maximum atomic E-state index is 13.2. The summed E-state index contributed by atoms with van der Waals surface area (Å²) in [5.41, 5.74) is 2.52. The first-order chi connectivity index (χ1) is 15.2. The van der Waals surface area contributed by atoms with Gasteiger partial charge < -0.3 is 10.1 Å². The largest absolute Gasteiger partial charge is 0.573 e. The Morgan fingerprint density at radius 1 is 0.969 bits per heavy atom. The van der Waals surface area contributed by atoms with E-state index >= 15 is 0 Å². The molecule has 0 radical (unpaired) electrons. The van der Waals surface area contributed by atoms with Crippen molar-refractivity contribution in [1.82, 2.24) is 4.90 Å². The van der Waals surface area contributed by atoms with E-state index in [1.165, 1.54) is 23.5 Å². The van der Waals surface area contributed by atoms with Crippen molar-refractivity contribution in [3.05, 3.63) is 87.7 Å². The average Bonchev–Trinajstić information content (AvgIpc) is 3.33. The van der Waals surface area contributed by atoms with Crippen LogP contribution >= 0.6 is 11.3 Å². The summed E-state index contributed by atoms with van der Waals surface area (Å²) >= 11 is 1.32. The average molecular weight is 458 g/mol. The second kappa shape index (κ2) is 8.51. The lowest BCUT2D eigenvalue weighted by atomic mass is 10.1. The number of carbonyl (C=O) groups excluding carboxylic acids is 2. The van der Waals surface area contributed by atoms with E-state index in [0.29, 0.717) is 10.6 Å². The number of aryl methyl sites for hydroxylation is 1. The summed E-state index contributed by atoms with van der Waals surface area (Å²) in [6.07, 6.45) is -4.80. The second-order valence-corrected chi connectivity index (χ2v) is 8.05. The number of benzene rings is 2. The molecule has 2 aromatic carbocycles. The molecule has 0 spiro atoms. The van der Waals surface area contributed by atoms with Gasteiger partial charge in [-0.05, 0) is 48.2 Å². The zero-order valence-electron chi connectivity index (χ0n) is 16.8. The van der Waals surface area contributed by atoms with Crippen molar-refractivity contribution < 1.29 is 27.5 Å². The number of hydrogen-bond donors (Lipinski definition) is 1. The van der Waals surface area contributed by atoms with Crippen molar-refractivity contribution in [3.63, 3.8) is 0 Å². The lowest BCUT2D eigenvalue weighted by Crippen LogP contribution is -2.31. The fraction of sp³-hybridized carbons (Fsp3) is 0.130. The van der Waals surface area contributed by atoms with Crippen LogP contribution < -0.4 is 10.1 Å². The molecule has 0 atom stereocenters. The van der Waals surface area contributed by atoms with E-state index < -0.39 is 18.2 Å². The lowest BCUT2D eigenvalue weighted by molar-refractivity contribution is -0.274. The van der Waals surface area contributed by atoms with Crippen LogP contribution in [0.2, 0.25) is 0 Å². The van der Waals surface area contributed by atoms with Gasteiger partial charge in [-0.1, -0.05) is 35.9 Å². The van der Waals surface area contributed by atoms with Gasteiger partial charge in [-0.2, -0.15) is 0 Å². The summed E-state index contributed by atoms with van der Waals surface area (Å²) in [4.78, 5) is 28.1. The number of nitrogens with zero attached hydrogens (tertiary/aromatic N) is 1. The fourth-order valence-electron chi connectivity index (χ4n) is 3.25. The Hall–Kier alpha value is -3.59. The third-order valence-corrected chi connectivity index (χ3v) is 5.64. The van der Waals surface area contributed by atoms with E-state index in [0.717, 1.165) is 28.2 Å². The minimum atomic E-state index is -4.80. The first kappa shape index (κ1) is 21.6. The molecule has 0 unspecified atom stereocenters. The van der Waals surface area contributed by atoms with E-state index in [1.807, 2.05) is 31.2 Å². The fourth-order valence-corrected chi connectivity index (χ4v) is 4.01. The Kier molecular flexibility index (Phi) is 5.75. The lowest BCUT2D eigenvalue weighted by Gasteiger charge is -2.15. The number of rotatable bonds is 6. The number of nitrogens with one attached hydrogen (secondary N) is 1. The Morgan fingerprint density at radius 3 is 2.25 bits per heavy atom. The molecule has 0 aliphatic carbocycles. The van der Waals surface area contributed by atoms with Crippen LogP contribution in [0.5, 0.6) is 5.75 Å². The molecule has 1 aromatic heterocycles. The molecule has 2 amide bonds. The molecule has 9 heteroatoms. The molecule has 164 valence electrons. The van der Waals surface area contributed by atoms with Gasteiger partial charge in [-0.3, -0.25) is 14.5 Å². The van der Waals surface area contributed by atoms with E-state index in [9.17, 15) is 22.8 Å². The zero-order valence-corrected chi connectivity index (χ0v) is 17.6. The van der Waals surface area contributed by atoms with Crippen LogP contribution in [0.25, 0.3) is 5.57 Å². The first-order valence-electron chi connectivity index (χ1n) is 9.54. The number of anilines is 1. The minimum absolute atomic E-state index is 0.0778. The molecular weight excluding hydrogens is 441 g/mol. The molecular formula is C23H17F3N2O3S. The van der Waals surface area contributed by atoms with Crippen LogP contribution in [0.4, 0.5) is 18.9 Å². The van der Waals surface area contributed by atoms with Gasteiger partial charge in [0.15, 0.2) is 0 Å². The molecule has 0 fully saturated rings. The molecule has 1 aliphatic heterocycles. The smallest absolute Gasteiger partial charge is 0.406 e. The summed E-state index contributed by atoms with van der Waals surface area (Å²) in [6, 6.07) is 16.0. The SMILES string of the molecule is Cc1ccc(CN2C(=O)C(Nc3ccc(OC(F)(F)F)cc3)=C(c3cccs3)C2=O)cc1. The normalized spacial score (nSPS) is 14.3. The molecule has 32 heavy (non-hydrogen) atoms. The number of imide groups is 1. The van der Waals surface area contributed by atoms with Crippen molar-refractivity contribution in [1.29, 1.82) is 0 Å². The van der Waals surface area contributed by atoms with Crippen molar-refractivity contribution in [2.24, 2.45) is 0 Å². The third-order valence-electron chi connectivity index (χ3n) is 4.75. The van der Waals surface area contributed by atoms with Crippen molar-refractivity contribution in [2.45, 2.75) is 19.8 Å².